The van der Waals surface area contributed by atoms with Crippen LogP contribution in [0.3, 0.4) is 0 Å². The average molecular weight is 309 g/mol. The van der Waals surface area contributed by atoms with Gasteiger partial charge in [-0.15, -0.1) is 0 Å². The van der Waals surface area contributed by atoms with Crippen LogP contribution in [0, 0.1) is 5.92 Å². The van der Waals surface area contributed by atoms with Crippen LogP contribution < -0.4 is 0 Å². The summed E-state index contributed by atoms with van der Waals surface area (Å²) in [5.74, 6) is 1.53. The molecule has 0 saturated heterocycles. The molecule has 0 spiro atoms. The Morgan fingerprint density at radius 1 is 1.07 bits per heavy atom. The molecule has 0 aromatic heterocycles. The molecule has 0 atom stereocenters. The van der Waals surface area contributed by atoms with Gasteiger partial charge in [0.15, 0.2) is 0 Å². The molecule has 0 amide bonds. The molecule has 0 aliphatic heterocycles. The van der Waals surface area contributed by atoms with Crippen molar-refractivity contribution in [3.63, 3.8) is 0 Å². The van der Waals surface area contributed by atoms with Gasteiger partial charge in [-0.25, -0.2) is 0 Å². The predicted molar refractivity (Wildman–Crippen MR) is 59.9 cm³/mol. The zero-order valence-corrected chi connectivity index (χ0v) is 12.6. The Morgan fingerprint density at radius 2 is 1.57 bits per heavy atom. The fourth-order valence-electron chi connectivity index (χ4n) is 2.27. The zero-order chi connectivity index (χ0) is 10.6. The van der Waals surface area contributed by atoms with Crippen molar-refractivity contribution in [2.75, 3.05) is 0 Å². The maximum atomic E-state index is 4.93. The predicted octanol–water partition coefficient (Wildman–Crippen LogP) is 4.79. The molecule has 0 N–H and O–H groups in total. The molecule has 0 nitrogen and oxygen atoms in total. The van der Waals surface area contributed by atoms with Crippen molar-refractivity contribution in [2.45, 2.75) is 39.5 Å². The van der Waals surface area contributed by atoms with E-state index in [0.717, 1.165) is 0 Å². The van der Waals surface area contributed by atoms with Crippen LogP contribution in [-0.2, 0) is 20.8 Å². The molecule has 0 bridgehead atoms. The monoisotopic (exact) mass is 307 g/mol. The standard InChI is InChI=1S/C11H15.2ClH.Zr/c1-8-7-9(2)11-6-4-3-5-10(8)11;;;/h7H,3-6H2,1-2H3;2*1H;/q;;;+2/p-2. The summed E-state index contributed by atoms with van der Waals surface area (Å²) in [7, 11) is 9.87. The first-order chi connectivity index (χ1) is 6.70. The third kappa shape index (κ3) is 3.22. The summed E-state index contributed by atoms with van der Waals surface area (Å²) < 4.78 is 0. The van der Waals surface area contributed by atoms with Gasteiger partial charge in [0, 0.05) is 5.92 Å². The molecule has 0 saturated carbocycles. The van der Waals surface area contributed by atoms with E-state index in [1.54, 1.807) is 11.1 Å². The SMILES string of the molecule is C[C]1C=C(C)C2=C1CCCC2.[Cl][Zr][Cl]. The first kappa shape index (κ1) is 13.0. The molecule has 0 aromatic rings. The van der Waals surface area contributed by atoms with E-state index < -0.39 is 20.8 Å². The van der Waals surface area contributed by atoms with Crippen molar-refractivity contribution in [1.82, 2.24) is 0 Å². The van der Waals surface area contributed by atoms with Crippen LogP contribution in [0.2, 0.25) is 0 Å². The summed E-state index contributed by atoms with van der Waals surface area (Å²) in [6.07, 6.45) is 7.80. The Morgan fingerprint density at radius 3 is 2.07 bits per heavy atom. The van der Waals surface area contributed by atoms with E-state index in [-0.39, 0.29) is 0 Å². The summed E-state index contributed by atoms with van der Waals surface area (Å²) >= 11 is -0.826. The van der Waals surface area contributed by atoms with Crippen molar-refractivity contribution in [2.24, 2.45) is 0 Å². The Kier molecular flexibility index (Phi) is 6.05. The van der Waals surface area contributed by atoms with E-state index in [9.17, 15) is 0 Å². The van der Waals surface area contributed by atoms with Crippen molar-refractivity contribution >= 4 is 17.0 Å². The normalized spacial score (nSPS) is 21.0. The topological polar surface area (TPSA) is 0 Å². The summed E-state index contributed by atoms with van der Waals surface area (Å²) in [5, 5.41) is 0. The van der Waals surface area contributed by atoms with E-state index in [1.807, 2.05) is 0 Å². The minimum atomic E-state index is -0.826. The number of hydrogen-bond donors (Lipinski definition) is 0. The van der Waals surface area contributed by atoms with Gasteiger partial charge in [-0.2, -0.15) is 0 Å². The number of allylic oxidation sites excluding steroid dienone is 4. The summed E-state index contributed by atoms with van der Waals surface area (Å²) in [6.45, 7) is 4.49. The first-order valence-corrected chi connectivity index (χ1v) is 11.2. The molecule has 14 heavy (non-hydrogen) atoms. The fourth-order valence-corrected chi connectivity index (χ4v) is 2.27. The first-order valence-electron chi connectivity index (χ1n) is 4.91. The van der Waals surface area contributed by atoms with Crippen LogP contribution >= 0.6 is 17.0 Å². The van der Waals surface area contributed by atoms with Gasteiger partial charge in [0.2, 0.25) is 0 Å². The Balaban J connectivity index is 0.000000293. The summed E-state index contributed by atoms with van der Waals surface area (Å²) in [4.78, 5) is 0. The van der Waals surface area contributed by atoms with Crippen molar-refractivity contribution in [3.05, 3.63) is 28.7 Å². The molecule has 3 heteroatoms. The summed E-state index contributed by atoms with van der Waals surface area (Å²) in [5.41, 5.74) is 4.85. The van der Waals surface area contributed by atoms with E-state index in [0.29, 0.717) is 0 Å². The summed E-state index contributed by atoms with van der Waals surface area (Å²) in [6, 6.07) is 0. The third-order valence-electron chi connectivity index (χ3n) is 2.85. The van der Waals surface area contributed by atoms with Gasteiger partial charge in [-0.3, -0.25) is 0 Å². The molecule has 0 unspecified atom stereocenters. The van der Waals surface area contributed by atoms with Crippen LogP contribution in [0.1, 0.15) is 39.5 Å². The molecule has 0 heterocycles. The van der Waals surface area contributed by atoms with Crippen LogP contribution in [-0.4, -0.2) is 0 Å². The van der Waals surface area contributed by atoms with Gasteiger partial charge in [-0.1, -0.05) is 24.1 Å². The average Bonchev–Trinajstić information content (AvgIpc) is 2.45. The second-order valence-corrected chi connectivity index (χ2v) is 7.48. The van der Waals surface area contributed by atoms with Gasteiger partial charge in [0.25, 0.3) is 0 Å². The second kappa shape index (κ2) is 6.51. The van der Waals surface area contributed by atoms with E-state index in [2.05, 4.69) is 19.9 Å². The number of hydrogen-bond acceptors (Lipinski definition) is 0. The minimum absolute atomic E-state index is 0.826. The van der Waals surface area contributed by atoms with Gasteiger partial charge in [0.1, 0.15) is 0 Å². The quantitative estimate of drug-likeness (QED) is 0.603. The maximum absolute atomic E-state index is 4.93. The Bertz CT molecular complexity index is 256. The molecule has 2 aliphatic carbocycles. The van der Waals surface area contributed by atoms with Gasteiger partial charge in [-0.05, 0) is 38.2 Å². The van der Waals surface area contributed by atoms with Gasteiger partial charge >= 0.3 is 37.9 Å². The van der Waals surface area contributed by atoms with Crippen molar-refractivity contribution in [1.29, 1.82) is 0 Å². The molecule has 0 fully saturated rings. The zero-order valence-electron chi connectivity index (χ0n) is 8.66. The number of rotatable bonds is 0. The molecular weight excluding hydrogens is 294 g/mol. The molecule has 1 radical (unpaired) electrons. The van der Waals surface area contributed by atoms with Crippen LogP contribution in [0.15, 0.2) is 22.8 Å². The van der Waals surface area contributed by atoms with Crippen LogP contribution in [0.5, 0.6) is 0 Å². The second-order valence-electron chi connectivity index (χ2n) is 3.75. The van der Waals surface area contributed by atoms with E-state index in [4.69, 9.17) is 17.0 Å². The number of halogens is 2. The van der Waals surface area contributed by atoms with Gasteiger partial charge < -0.3 is 0 Å². The van der Waals surface area contributed by atoms with E-state index in [1.165, 1.54) is 37.2 Å². The van der Waals surface area contributed by atoms with Crippen molar-refractivity contribution in [3.8, 4) is 0 Å². The van der Waals surface area contributed by atoms with Crippen LogP contribution in [0.4, 0.5) is 0 Å². The Hall–Kier alpha value is 0.943. The molecule has 2 rings (SSSR count). The van der Waals surface area contributed by atoms with Crippen LogP contribution in [0.25, 0.3) is 0 Å². The molecule has 2 aliphatic rings. The molecular formula is C11H15Cl2Zr. The molecule has 0 aromatic carbocycles. The fraction of sp³-hybridized carbons (Fsp3) is 0.545. The van der Waals surface area contributed by atoms with Crippen molar-refractivity contribution < 1.29 is 20.8 Å². The third-order valence-corrected chi connectivity index (χ3v) is 2.85. The van der Waals surface area contributed by atoms with Gasteiger partial charge in [0.05, 0.1) is 0 Å². The Labute approximate surface area is 105 Å². The molecule has 77 valence electrons. The van der Waals surface area contributed by atoms with E-state index >= 15 is 0 Å².